The van der Waals surface area contributed by atoms with Gasteiger partial charge in [0, 0.05) is 31.3 Å². The van der Waals surface area contributed by atoms with Crippen molar-refractivity contribution in [1.29, 1.82) is 0 Å². The van der Waals surface area contributed by atoms with Crippen molar-refractivity contribution in [3.63, 3.8) is 0 Å². The summed E-state index contributed by atoms with van der Waals surface area (Å²) in [5.74, 6) is 0.747. The molecule has 6 heteroatoms. The maximum atomic E-state index is 13.0. The summed E-state index contributed by atoms with van der Waals surface area (Å²) < 4.78 is 1.99. The summed E-state index contributed by atoms with van der Waals surface area (Å²) in [5.41, 5.74) is 4.44. The molecule has 4 aromatic rings. The molecule has 1 aromatic heterocycles. The van der Waals surface area contributed by atoms with Crippen LogP contribution in [0.1, 0.15) is 28.2 Å². The topological polar surface area (TPSA) is 67.2 Å². The van der Waals surface area contributed by atoms with Crippen LogP contribution in [0.5, 0.6) is 0 Å². The number of nitrogens with zero attached hydrogens (tertiary/aromatic N) is 3. The first kappa shape index (κ1) is 22.3. The Kier molecular flexibility index (Phi) is 6.83. The summed E-state index contributed by atoms with van der Waals surface area (Å²) >= 11 is 0. The van der Waals surface area contributed by atoms with Crippen LogP contribution in [0.2, 0.25) is 0 Å². The van der Waals surface area contributed by atoms with Gasteiger partial charge in [-0.05, 0) is 49.7 Å². The van der Waals surface area contributed by atoms with Crippen LogP contribution in [-0.2, 0) is 17.8 Å². The number of imidazole rings is 1. The van der Waals surface area contributed by atoms with Gasteiger partial charge >= 0.3 is 0 Å². The molecule has 1 N–H and O–H groups in total. The second kappa shape index (κ2) is 10.1. The molecule has 0 aliphatic carbocycles. The van der Waals surface area contributed by atoms with Crippen molar-refractivity contribution in [2.24, 2.45) is 0 Å². The standard InChI is InChI=1S/C27H28N4O2/c1-20-14-16-21(17-15-20)27(33)28-18-8-13-25-29-23-11-6-7-12-24(23)31(25)19-26(32)30(2)22-9-4-3-5-10-22/h3-7,9-12,14-17H,8,13,18-19H2,1-2H3,(H,28,33). The number of aryl methyl sites for hydroxylation is 2. The molecule has 0 unspecified atom stereocenters. The number of likely N-dealkylation sites (N-methyl/N-ethyl adjacent to an activating group) is 1. The number of amides is 2. The summed E-state index contributed by atoms with van der Waals surface area (Å²) in [6.07, 6.45) is 1.38. The van der Waals surface area contributed by atoms with Crippen LogP contribution >= 0.6 is 0 Å². The van der Waals surface area contributed by atoms with Crippen molar-refractivity contribution in [2.75, 3.05) is 18.5 Å². The highest BCUT2D eigenvalue weighted by Gasteiger charge is 2.17. The minimum atomic E-state index is -0.0804. The third-order valence-corrected chi connectivity index (χ3v) is 5.72. The number of rotatable bonds is 8. The summed E-state index contributed by atoms with van der Waals surface area (Å²) in [6.45, 7) is 2.74. The van der Waals surface area contributed by atoms with Crippen LogP contribution < -0.4 is 10.2 Å². The van der Waals surface area contributed by atoms with Crippen molar-refractivity contribution in [3.8, 4) is 0 Å². The minimum Gasteiger partial charge on any atom is -0.352 e. The lowest BCUT2D eigenvalue weighted by molar-refractivity contribution is -0.118. The number of carbonyl (C=O) groups is 2. The first-order chi connectivity index (χ1) is 16.0. The quantitative estimate of drug-likeness (QED) is 0.414. The van der Waals surface area contributed by atoms with Crippen LogP contribution in [0.3, 0.4) is 0 Å². The van der Waals surface area contributed by atoms with Crippen molar-refractivity contribution in [3.05, 3.63) is 95.8 Å². The van der Waals surface area contributed by atoms with Crippen LogP contribution in [0.15, 0.2) is 78.9 Å². The number of anilines is 1. The lowest BCUT2D eigenvalue weighted by Crippen LogP contribution is -2.30. The van der Waals surface area contributed by atoms with Gasteiger partial charge in [0.15, 0.2) is 0 Å². The molecule has 0 aliphatic rings. The molecule has 6 nitrogen and oxygen atoms in total. The van der Waals surface area contributed by atoms with Crippen LogP contribution in [0.25, 0.3) is 11.0 Å². The zero-order valence-electron chi connectivity index (χ0n) is 19.0. The van der Waals surface area contributed by atoms with E-state index in [-0.39, 0.29) is 18.4 Å². The Morgan fingerprint density at radius 3 is 2.39 bits per heavy atom. The summed E-state index contributed by atoms with van der Waals surface area (Å²) in [5, 5.41) is 2.97. The monoisotopic (exact) mass is 440 g/mol. The molecule has 4 rings (SSSR count). The van der Waals surface area contributed by atoms with E-state index in [0.29, 0.717) is 18.5 Å². The van der Waals surface area contributed by atoms with Crippen LogP contribution in [0, 0.1) is 6.92 Å². The van der Waals surface area contributed by atoms with Gasteiger partial charge in [-0.15, -0.1) is 0 Å². The Morgan fingerprint density at radius 1 is 0.939 bits per heavy atom. The Hall–Kier alpha value is -3.93. The van der Waals surface area contributed by atoms with E-state index in [1.54, 1.807) is 11.9 Å². The maximum absolute atomic E-state index is 13.0. The molecular formula is C27H28N4O2. The van der Waals surface area contributed by atoms with E-state index in [9.17, 15) is 9.59 Å². The normalized spacial score (nSPS) is 10.8. The molecule has 168 valence electrons. The average Bonchev–Trinajstić information content (AvgIpc) is 3.19. The van der Waals surface area contributed by atoms with E-state index in [4.69, 9.17) is 4.98 Å². The number of hydrogen-bond acceptors (Lipinski definition) is 3. The van der Waals surface area contributed by atoms with Crippen LogP contribution in [0.4, 0.5) is 5.69 Å². The third kappa shape index (κ3) is 5.29. The predicted molar refractivity (Wildman–Crippen MR) is 131 cm³/mol. The number of para-hydroxylation sites is 3. The SMILES string of the molecule is Cc1ccc(C(=O)NCCCc2nc3ccccc3n2CC(=O)N(C)c2ccccc2)cc1. The number of benzene rings is 3. The van der Waals surface area contributed by atoms with Gasteiger partial charge < -0.3 is 14.8 Å². The number of hydrogen-bond donors (Lipinski definition) is 1. The number of aromatic nitrogens is 2. The third-order valence-electron chi connectivity index (χ3n) is 5.72. The summed E-state index contributed by atoms with van der Waals surface area (Å²) in [4.78, 5) is 31.8. The van der Waals surface area contributed by atoms with Crippen molar-refractivity contribution >= 4 is 28.5 Å². The van der Waals surface area contributed by atoms with Gasteiger partial charge in [-0.25, -0.2) is 4.98 Å². The zero-order valence-corrected chi connectivity index (χ0v) is 19.0. The molecule has 1 heterocycles. The van der Waals surface area contributed by atoms with Gasteiger partial charge in [-0.3, -0.25) is 9.59 Å². The van der Waals surface area contributed by atoms with Gasteiger partial charge in [0.05, 0.1) is 11.0 Å². The largest absolute Gasteiger partial charge is 0.352 e. The molecule has 0 spiro atoms. The van der Waals surface area contributed by atoms with Crippen molar-refractivity contribution in [1.82, 2.24) is 14.9 Å². The number of carbonyl (C=O) groups excluding carboxylic acids is 2. The second-order valence-electron chi connectivity index (χ2n) is 8.12. The molecule has 33 heavy (non-hydrogen) atoms. The second-order valence-corrected chi connectivity index (χ2v) is 8.12. The highest BCUT2D eigenvalue weighted by molar-refractivity contribution is 5.94. The summed E-state index contributed by atoms with van der Waals surface area (Å²) in [7, 11) is 1.79. The van der Waals surface area contributed by atoms with Gasteiger partial charge in [-0.2, -0.15) is 0 Å². The zero-order chi connectivity index (χ0) is 23.2. The van der Waals surface area contributed by atoms with Crippen molar-refractivity contribution < 1.29 is 9.59 Å². The fraction of sp³-hybridized carbons (Fsp3) is 0.222. The number of fused-ring (bicyclic) bond motifs is 1. The van der Waals surface area contributed by atoms with Gasteiger partial charge in [0.1, 0.15) is 12.4 Å². The van der Waals surface area contributed by atoms with E-state index in [2.05, 4.69) is 5.32 Å². The van der Waals surface area contributed by atoms with Gasteiger partial charge in [0.25, 0.3) is 5.91 Å². The Labute approximate surface area is 193 Å². The minimum absolute atomic E-state index is 0.0155. The first-order valence-electron chi connectivity index (χ1n) is 11.1. The van der Waals surface area contributed by atoms with Crippen molar-refractivity contribution in [2.45, 2.75) is 26.3 Å². The molecule has 0 radical (unpaired) electrons. The Balaban J connectivity index is 1.43. The van der Waals surface area contributed by atoms with E-state index < -0.39 is 0 Å². The Bertz CT molecular complexity index is 1250. The molecule has 0 aliphatic heterocycles. The lowest BCUT2D eigenvalue weighted by Gasteiger charge is -2.18. The predicted octanol–water partition coefficient (Wildman–Crippen LogP) is 4.37. The summed E-state index contributed by atoms with van der Waals surface area (Å²) in [6, 6.07) is 25.0. The molecule has 2 amide bonds. The van der Waals surface area contributed by atoms with E-state index in [0.717, 1.165) is 34.5 Å². The smallest absolute Gasteiger partial charge is 0.251 e. The average molecular weight is 441 g/mol. The van der Waals surface area contributed by atoms with Gasteiger partial charge in [0.2, 0.25) is 5.91 Å². The van der Waals surface area contributed by atoms with E-state index in [1.165, 1.54) is 0 Å². The molecule has 0 bridgehead atoms. The molecule has 3 aromatic carbocycles. The number of nitrogens with one attached hydrogen (secondary N) is 1. The highest BCUT2D eigenvalue weighted by atomic mass is 16.2. The highest BCUT2D eigenvalue weighted by Crippen LogP contribution is 2.19. The fourth-order valence-electron chi connectivity index (χ4n) is 3.79. The fourth-order valence-corrected chi connectivity index (χ4v) is 3.79. The molecule has 0 saturated heterocycles. The van der Waals surface area contributed by atoms with E-state index >= 15 is 0 Å². The Morgan fingerprint density at radius 2 is 1.64 bits per heavy atom. The first-order valence-corrected chi connectivity index (χ1v) is 11.1. The maximum Gasteiger partial charge on any atom is 0.251 e. The molecular weight excluding hydrogens is 412 g/mol. The molecule has 0 fully saturated rings. The van der Waals surface area contributed by atoms with E-state index in [1.807, 2.05) is 90.4 Å². The molecule has 0 saturated carbocycles. The van der Waals surface area contributed by atoms with Gasteiger partial charge in [-0.1, -0.05) is 48.0 Å². The van der Waals surface area contributed by atoms with Crippen LogP contribution in [-0.4, -0.2) is 35.0 Å². The molecule has 0 atom stereocenters. The lowest BCUT2D eigenvalue weighted by atomic mass is 10.1.